The van der Waals surface area contributed by atoms with Gasteiger partial charge in [0.15, 0.2) is 0 Å². The van der Waals surface area contributed by atoms with Gasteiger partial charge in [0.05, 0.1) is 17.2 Å². The first-order valence-electron chi connectivity index (χ1n) is 8.49. The topological polar surface area (TPSA) is 97.2 Å². The molecule has 0 spiro atoms. The quantitative estimate of drug-likeness (QED) is 0.645. The van der Waals surface area contributed by atoms with Gasteiger partial charge in [-0.1, -0.05) is 12.1 Å². The number of hydrogen-bond donors (Lipinski definition) is 2. The maximum Gasteiger partial charge on any atom is 0.258 e. The normalized spacial score (nSPS) is 12.2. The maximum atomic E-state index is 12.0. The van der Waals surface area contributed by atoms with E-state index in [9.17, 15) is 9.59 Å². The second kappa shape index (κ2) is 8.44. The van der Waals surface area contributed by atoms with Crippen LogP contribution in [0.15, 0.2) is 51.9 Å². The standard InChI is InChI=1S/C19H21N3O4/c1-13(8-9-14-5-4-10-26-14)20-18(23)12-25-11-17-21-16-7-3-2-6-15(16)19(24)22-17/h2-7,10,13H,8-9,11-12H2,1H3,(H,20,23)(H,21,22,24)/t13-/m0/s1. The van der Waals surface area contributed by atoms with E-state index < -0.39 is 0 Å². The monoisotopic (exact) mass is 355 g/mol. The van der Waals surface area contributed by atoms with Crippen molar-refractivity contribution in [2.24, 2.45) is 0 Å². The Hall–Kier alpha value is -2.93. The van der Waals surface area contributed by atoms with Gasteiger partial charge in [0.2, 0.25) is 5.91 Å². The van der Waals surface area contributed by atoms with Crippen molar-refractivity contribution >= 4 is 16.8 Å². The summed E-state index contributed by atoms with van der Waals surface area (Å²) in [5.74, 6) is 1.08. The molecule has 1 atom stereocenters. The van der Waals surface area contributed by atoms with E-state index in [1.54, 1.807) is 24.5 Å². The average molecular weight is 355 g/mol. The zero-order valence-corrected chi connectivity index (χ0v) is 14.5. The van der Waals surface area contributed by atoms with Gasteiger partial charge in [-0.15, -0.1) is 0 Å². The fourth-order valence-corrected chi connectivity index (χ4v) is 2.65. The van der Waals surface area contributed by atoms with E-state index in [1.807, 2.05) is 25.1 Å². The van der Waals surface area contributed by atoms with Crippen LogP contribution < -0.4 is 10.9 Å². The lowest BCUT2D eigenvalue weighted by molar-refractivity contribution is -0.126. The van der Waals surface area contributed by atoms with Crippen LogP contribution in [0.4, 0.5) is 0 Å². The summed E-state index contributed by atoms with van der Waals surface area (Å²) < 4.78 is 10.6. The molecule has 0 aliphatic carbocycles. The van der Waals surface area contributed by atoms with Gasteiger partial charge < -0.3 is 19.5 Å². The Morgan fingerprint density at radius 3 is 2.96 bits per heavy atom. The SMILES string of the molecule is C[C@@H](CCc1ccco1)NC(=O)COCc1nc2ccccc2c(=O)[nH]1. The number of rotatable bonds is 8. The predicted molar refractivity (Wildman–Crippen MR) is 96.7 cm³/mol. The van der Waals surface area contributed by atoms with Crippen molar-refractivity contribution in [3.63, 3.8) is 0 Å². The van der Waals surface area contributed by atoms with Crippen molar-refractivity contribution in [3.8, 4) is 0 Å². The van der Waals surface area contributed by atoms with Crippen LogP contribution in [-0.2, 0) is 22.6 Å². The van der Waals surface area contributed by atoms with Crippen LogP contribution in [0.1, 0.15) is 24.9 Å². The molecule has 0 saturated carbocycles. The van der Waals surface area contributed by atoms with E-state index in [0.29, 0.717) is 16.7 Å². The van der Waals surface area contributed by atoms with Gasteiger partial charge in [-0.05, 0) is 37.6 Å². The molecule has 3 rings (SSSR count). The van der Waals surface area contributed by atoms with Crippen LogP contribution in [0.5, 0.6) is 0 Å². The van der Waals surface area contributed by atoms with E-state index in [-0.39, 0.29) is 30.7 Å². The number of aromatic nitrogens is 2. The van der Waals surface area contributed by atoms with Crippen LogP contribution in [0, 0.1) is 0 Å². The summed E-state index contributed by atoms with van der Waals surface area (Å²) in [5, 5.41) is 3.40. The summed E-state index contributed by atoms with van der Waals surface area (Å²) in [7, 11) is 0. The smallest absolute Gasteiger partial charge is 0.258 e. The van der Waals surface area contributed by atoms with Crippen molar-refractivity contribution in [2.45, 2.75) is 32.4 Å². The van der Waals surface area contributed by atoms with Crippen LogP contribution in [0.25, 0.3) is 10.9 Å². The number of benzene rings is 1. The van der Waals surface area contributed by atoms with Crippen molar-refractivity contribution in [3.05, 3.63) is 64.6 Å². The molecule has 7 nitrogen and oxygen atoms in total. The first-order chi connectivity index (χ1) is 12.6. The molecule has 7 heteroatoms. The molecule has 0 aliphatic heterocycles. The Morgan fingerprint density at radius 1 is 1.31 bits per heavy atom. The van der Waals surface area contributed by atoms with Crippen molar-refractivity contribution in [1.29, 1.82) is 0 Å². The molecule has 3 aromatic rings. The number of para-hydroxylation sites is 1. The minimum atomic E-state index is -0.217. The molecule has 0 bridgehead atoms. The first kappa shape index (κ1) is 17.9. The second-order valence-electron chi connectivity index (χ2n) is 6.11. The number of fused-ring (bicyclic) bond motifs is 1. The number of hydrogen-bond acceptors (Lipinski definition) is 5. The van der Waals surface area contributed by atoms with E-state index in [1.165, 1.54) is 0 Å². The Labute approximate surface area is 150 Å². The lowest BCUT2D eigenvalue weighted by Gasteiger charge is -2.13. The molecule has 1 amide bonds. The first-order valence-corrected chi connectivity index (χ1v) is 8.49. The fraction of sp³-hybridized carbons (Fsp3) is 0.316. The molecular formula is C19H21N3O4. The number of aromatic amines is 1. The van der Waals surface area contributed by atoms with Crippen LogP contribution >= 0.6 is 0 Å². The van der Waals surface area contributed by atoms with Crippen molar-refractivity contribution in [2.75, 3.05) is 6.61 Å². The molecule has 2 heterocycles. The van der Waals surface area contributed by atoms with Gasteiger partial charge in [-0.2, -0.15) is 0 Å². The number of aryl methyl sites for hydroxylation is 1. The van der Waals surface area contributed by atoms with Crippen LogP contribution in [0.3, 0.4) is 0 Å². The molecule has 0 fully saturated rings. The van der Waals surface area contributed by atoms with E-state index >= 15 is 0 Å². The molecular weight excluding hydrogens is 334 g/mol. The number of ether oxygens (including phenoxy) is 1. The van der Waals surface area contributed by atoms with E-state index in [2.05, 4.69) is 15.3 Å². The molecule has 2 N–H and O–H groups in total. The summed E-state index contributed by atoms with van der Waals surface area (Å²) in [5.41, 5.74) is 0.385. The zero-order valence-electron chi connectivity index (χ0n) is 14.5. The van der Waals surface area contributed by atoms with Gasteiger partial charge >= 0.3 is 0 Å². The average Bonchev–Trinajstić information content (AvgIpc) is 3.14. The largest absolute Gasteiger partial charge is 0.469 e. The minimum Gasteiger partial charge on any atom is -0.469 e. The number of nitrogens with zero attached hydrogens (tertiary/aromatic N) is 1. The van der Waals surface area contributed by atoms with Gasteiger partial charge in [0, 0.05) is 12.5 Å². The highest BCUT2D eigenvalue weighted by atomic mass is 16.5. The third-order valence-electron chi connectivity index (χ3n) is 3.95. The fourth-order valence-electron chi connectivity index (χ4n) is 2.65. The van der Waals surface area contributed by atoms with Crippen molar-refractivity contribution < 1.29 is 13.9 Å². The molecule has 1 aromatic carbocycles. The lowest BCUT2D eigenvalue weighted by Crippen LogP contribution is -2.35. The number of amides is 1. The Morgan fingerprint density at radius 2 is 2.15 bits per heavy atom. The molecule has 0 unspecified atom stereocenters. The maximum absolute atomic E-state index is 12.0. The predicted octanol–water partition coefficient (Wildman–Crippen LogP) is 2.17. The molecule has 0 saturated heterocycles. The summed E-state index contributed by atoms with van der Waals surface area (Å²) in [4.78, 5) is 30.9. The summed E-state index contributed by atoms with van der Waals surface area (Å²) in [6.45, 7) is 1.90. The Bertz CT molecular complexity index is 918. The number of H-pyrrole nitrogens is 1. The van der Waals surface area contributed by atoms with Crippen LogP contribution in [0.2, 0.25) is 0 Å². The number of carbonyl (C=O) groups excluding carboxylic acids is 1. The highest BCUT2D eigenvalue weighted by Crippen LogP contribution is 2.07. The minimum absolute atomic E-state index is 0.00907. The highest BCUT2D eigenvalue weighted by Gasteiger charge is 2.09. The molecule has 0 radical (unpaired) electrons. The Kier molecular flexibility index (Phi) is 5.80. The molecule has 136 valence electrons. The molecule has 2 aromatic heterocycles. The van der Waals surface area contributed by atoms with Gasteiger partial charge in [-0.3, -0.25) is 9.59 Å². The van der Waals surface area contributed by atoms with Crippen molar-refractivity contribution in [1.82, 2.24) is 15.3 Å². The summed E-state index contributed by atoms with van der Waals surface area (Å²) in [6.07, 6.45) is 3.17. The Balaban J connectivity index is 1.44. The third-order valence-corrected chi connectivity index (χ3v) is 3.95. The van der Waals surface area contributed by atoms with Crippen LogP contribution in [-0.4, -0.2) is 28.5 Å². The number of nitrogens with one attached hydrogen (secondary N) is 2. The highest BCUT2D eigenvalue weighted by molar-refractivity contribution is 5.77. The summed E-state index contributed by atoms with van der Waals surface area (Å²) in [6, 6.07) is 10.8. The molecule has 0 aliphatic rings. The summed E-state index contributed by atoms with van der Waals surface area (Å²) >= 11 is 0. The zero-order chi connectivity index (χ0) is 18.4. The lowest BCUT2D eigenvalue weighted by atomic mass is 10.1. The van der Waals surface area contributed by atoms with E-state index in [4.69, 9.17) is 9.15 Å². The van der Waals surface area contributed by atoms with Gasteiger partial charge in [-0.25, -0.2) is 4.98 Å². The van der Waals surface area contributed by atoms with Gasteiger partial charge in [0.1, 0.15) is 24.8 Å². The number of carbonyl (C=O) groups is 1. The number of furan rings is 1. The third kappa shape index (κ3) is 4.80. The second-order valence-corrected chi connectivity index (χ2v) is 6.11. The molecule has 26 heavy (non-hydrogen) atoms. The van der Waals surface area contributed by atoms with Gasteiger partial charge in [0.25, 0.3) is 5.56 Å². The van der Waals surface area contributed by atoms with E-state index in [0.717, 1.165) is 18.6 Å².